The number of carbonyl (C=O) groups is 5. The summed E-state index contributed by atoms with van der Waals surface area (Å²) in [6, 6.07) is 3.72. The molecule has 0 aromatic heterocycles. The van der Waals surface area contributed by atoms with Crippen LogP contribution in [0, 0.1) is 10.8 Å². The molecule has 0 spiro atoms. The lowest BCUT2D eigenvalue weighted by Crippen LogP contribution is -2.54. The van der Waals surface area contributed by atoms with Crippen LogP contribution in [0.4, 0.5) is 0 Å². The van der Waals surface area contributed by atoms with Crippen LogP contribution in [0.15, 0.2) is 18.2 Å². The summed E-state index contributed by atoms with van der Waals surface area (Å²) >= 11 is 0. The topological polar surface area (TPSA) is 131 Å². The highest BCUT2D eigenvalue weighted by Crippen LogP contribution is 2.49. The smallest absolute Gasteiger partial charge is 0.262 e. The molecule has 0 radical (unpaired) electrons. The summed E-state index contributed by atoms with van der Waals surface area (Å²) in [7, 11) is 1.68. The molecule has 10 heteroatoms. The number of unbranched alkanes of at least 4 members (excludes halogenated alkanes) is 1. The number of ether oxygens (including phenoxy) is 2. The maximum Gasteiger partial charge on any atom is 0.262 e. The van der Waals surface area contributed by atoms with E-state index in [4.69, 9.17) is 9.47 Å². The van der Waals surface area contributed by atoms with E-state index in [-0.39, 0.29) is 40.7 Å². The summed E-state index contributed by atoms with van der Waals surface area (Å²) in [5, 5.41) is 4.96. The van der Waals surface area contributed by atoms with Gasteiger partial charge in [-0.3, -0.25) is 34.2 Å². The molecule has 200 valence electrons. The number of amides is 5. The summed E-state index contributed by atoms with van der Waals surface area (Å²) in [4.78, 5) is 62.4. The van der Waals surface area contributed by atoms with E-state index in [1.807, 2.05) is 6.92 Å². The van der Waals surface area contributed by atoms with E-state index < -0.39 is 29.7 Å². The van der Waals surface area contributed by atoms with Gasteiger partial charge in [-0.15, -0.1) is 0 Å². The monoisotopic (exact) mass is 513 g/mol. The molecule has 10 nitrogen and oxygen atoms in total. The van der Waals surface area contributed by atoms with Crippen LogP contribution in [0.1, 0.15) is 79.5 Å². The van der Waals surface area contributed by atoms with E-state index in [1.165, 1.54) is 12.1 Å². The number of piperidine rings is 1. The van der Waals surface area contributed by atoms with Crippen molar-refractivity contribution in [1.29, 1.82) is 0 Å². The fourth-order valence-corrected chi connectivity index (χ4v) is 5.67. The standard InChI is InChI=1S/C27H35N3O7/c1-26(10-11-27(2,15-26)25(35)28-3)16-36-12-4-5-13-37-17-6-7-18-19(14-17)24(34)30(23(18)33)20-8-9-21(31)29-22(20)32/h6-7,14,20H,4-5,8-13,15-16H2,1-3H3,(H,28,35)(H,29,31,32). The summed E-state index contributed by atoms with van der Waals surface area (Å²) in [5.74, 6) is -1.57. The van der Waals surface area contributed by atoms with E-state index >= 15 is 0 Å². The number of nitrogens with zero attached hydrogens (tertiary/aromatic N) is 1. The third-order valence-electron chi connectivity index (χ3n) is 7.69. The molecule has 4 rings (SSSR count). The number of fused-ring (bicyclic) bond motifs is 1. The van der Waals surface area contributed by atoms with Crippen LogP contribution in [0.3, 0.4) is 0 Å². The second kappa shape index (κ2) is 10.6. The molecule has 1 saturated heterocycles. The average molecular weight is 514 g/mol. The molecule has 37 heavy (non-hydrogen) atoms. The number of carbonyl (C=O) groups excluding carboxylic acids is 5. The van der Waals surface area contributed by atoms with Gasteiger partial charge in [0.2, 0.25) is 17.7 Å². The highest BCUT2D eigenvalue weighted by Gasteiger charge is 2.47. The van der Waals surface area contributed by atoms with Gasteiger partial charge in [0.1, 0.15) is 11.8 Å². The molecule has 3 aliphatic rings. The van der Waals surface area contributed by atoms with Crippen molar-refractivity contribution < 1.29 is 33.4 Å². The minimum Gasteiger partial charge on any atom is -0.494 e. The largest absolute Gasteiger partial charge is 0.494 e. The molecular formula is C27H35N3O7. The SMILES string of the molecule is CNC(=O)C1(C)CCC(C)(COCCCCOc2ccc3c(c2)C(=O)N(C2CCC(=O)NC2=O)C3=O)C1. The molecule has 0 bridgehead atoms. The lowest BCUT2D eigenvalue weighted by atomic mass is 9.82. The van der Waals surface area contributed by atoms with Crippen molar-refractivity contribution in [3.05, 3.63) is 29.3 Å². The van der Waals surface area contributed by atoms with Crippen LogP contribution >= 0.6 is 0 Å². The van der Waals surface area contributed by atoms with Crippen molar-refractivity contribution in [1.82, 2.24) is 15.5 Å². The zero-order chi connectivity index (χ0) is 26.8. The van der Waals surface area contributed by atoms with Gasteiger partial charge >= 0.3 is 0 Å². The molecule has 1 aliphatic carbocycles. The van der Waals surface area contributed by atoms with Gasteiger partial charge < -0.3 is 14.8 Å². The Morgan fingerprint density at radius 1 is 1.08 bits per heavy atom. The van der Waals surface area contributed by atoms with Gasteiger partial charge in [0, 0.05) is 25.5 Å². The summed E-state index contributed by atoms with van der Waals surface area (Å²) in [5.41, 5.74) is 0.0856. The highest BCUT2D eigenvalue weighted by molar-refractivity contribution is 6.23. The zero-order valence-corrected chi connectivity index (χ0v) is 21.7. The summed E-state index contributed by atoms with van der Waals surface area (Å²) in [6.45, 7) is 5.82. The molecule has 2 aliphatic heterocycles. The first-order chi connectivity index (χ1) is 17.6. The van der Waals surface area contributed by atoms with Crippen molar-refractivity contribution in [2.75, 3.05) is 26.9 Å². The summed E-state index contributed by atoms with van der Waals surface area (Å²) < 4.78 is 11.7. The van der Waals surface area contributed by atoms with Gasteiger partial charge in [0.25, 0.3) is 11.8 Å². The van der Waals surface area contributed by atoms with Crippen LogP contribution in [-0.2, 0) is 19.1 Å². The second-order valence-corrected chi connectivity index (χ2v) is 10.9. The van der Waals surface area contributed by atoms with Crippen molar-refractivity contribution >= 4 is 29.5 Å². The number of benzene rings is 1. The van der Waals surface area contributed by atoms with Gasteiger partial charge in [-0.25, -0.2) is 0 Å². The Morgan fingerprint density at radius 3 is 2.54 bits per heavy atom. The molecule has 3 atom stereocenters. The Labute approximate surface area is 216 Å². The molecule has 2 heterocycles. The Morgan fingerprint density at radius 2 is 1.81 bits per heavy atom. The first-order valence-corrected chi connectivity index (χ1v) is 12.9. The third kappa shape index (κ3) is 5.53. The maximum absolute atomic E-state index is 12.9. The van der Waals surface area contributed by atoms with Crippen molar-refractivity contribution in [2.24, 2.45) is 10.8 Å². The quantitative estimate of drug-likeness (QED) is 0.362. The molecule has 2 N–H and O–H groups in total. The Hall–Kier alpha value is -3.27. The minimum atomic E-state index is -0.987. The predicted octanol–water partition coefficient (Wildman–Crippen LogP) is 2.21. The first kappa shape index (κ1) is 26.8. The highest BCUT2D eigenvalue weighted by atomic mass is 16.5. The number of imide groups is 2. The third-order valence-corrected chi connectivity index (χ3v) is 7.69. The molecule has 1 saturated carbocycles. The first-order valence-electron chi connectivity index (χ1n) is 12.9. The molecule has 5 amide bonds. The Bertz CT molecular complexity index is 1120. The molecule has 1 aromatic carbocycles. The van der Waals surface area contributed by atoms with Crippen LogP contribution in [0.2, 0.25) is 0 Å². The molecule has 2 fully saturated rings. The number of hydrogen-bond donors (Lipinski definition) is 2. The van der Waals surface area contributed by atoms with Gasteiger partial charge in [-0.2, -0.15) is 0 Å². The van der Waals surface area contributed by atoms with Gasteiger partial charge in [0.05, 0.1) is 24.3 Å². The fourth-order valence-electron chi connectivity index (χ4n) is 5.67. The minimum absolute atomic E-state index is 0.00609. The van der Waals surface area contributed by atoms with E-state index in [9.17, 15) is 24.0 Å². The van der Waals surface area contributed by atoms with E-state index in [0.29, 0.717) is 25.6 Å². The van der Waals surface area contributed by atoms with Gasteiger partial charge in [-0.05, 0) is 62.1 Å². The van der Waals surface area contributed by atoms with Crippen molar-refractivity contribution in [3.63, 3.8) is 0 Å². The van der Waals surface area contributed by atoms with E-state index in [1.54, 1.807) is 13.1 Å². The van der Waals surface area contributed by atoms with Crippen LogP contribution in [-0.4, -0.2) is 67.3 Å². The van der Waals surface area contributed by atoms with E-state index in [2.05, 4.69) is 17.6 Å². The number of nitrogens with one attached hydrogen (secondary N) is 2. The Kier molecular flexibility index (Phi) is 7.68. The van der Waals surface area contributed by atoms with Gasteiger partial charge in [-0.1, -0.05) is 13.8 Å². The second-order valence-electron chi connectivity index (χ2n) is 10.9. The number of rotatable bonds is 10. The zero-order valence-electron chi connectivity index (χ0n) is 21.7. The molecule has 3 unspecified atom stereocenters. The lowest BCUT2D eigenvalue weighted by molar-refractivity contribution is -0.136. The maximum atomic E-state index is 12.9. The van der Waals surface area contributed by atoms with Crippen LogP contribution in [0.5, 0.6) is 5.75 Å². The van der Waals surface area contributed by atoms with Crippen molar-refractivity contribution in [3.8, 4) is 5.75 Å². The van der Waals surface area contributed by atoms with Crippen LogP contribution in [0.25, 0.3) is 0 Å². The molecule has 1 aromatic rings. The Balaban J connectivity index is 1.20. The fraction of sp³-hybridized carbons (Fsp3) is 0.593. The van der Waals surface area contributed by atoms with Crippen molar-refractivity contribution in [2.45, 2.75) is 64.8 Å². The van der Waals surface area contributed by atoms with Crippen LogP contribution < -0.4 is 15.4 Å². The predicted molar refractivity (Wildman–Crippen MR) is 133 cm³/mol. The average Bonchev–Trinajstić information content (AvgIpc) is 3.31. The van der Waals surface area contributed by atoms with E-state index in [0.717, 1.165) is 37.0 Å². The van der Waals surface area contributed by atoms with Gasteiger partial charge in [0.15, 0.2) is 0 Å². The lowest BCUT2D eigenvalue weighted by Gasteiger charge is -2.27. The molecular weight excluding hydrogens is 478 g/mol. The summed E-state index contributed by atoms with van der Waals surface area (Å²) in [6.07, 6.45) is 4.38. The normalized spacial score (nSPS) is 27.3. The number of hydrogen-bond acceptors (Lipinski definition) is 7.